The summed E-state index contributed by atoms with van der Waals surface area (Å²) in [5, 5.41) is 9.78. The zero-order valence-electron chi connectivity index (χ0n) is 10.4. The average Bonchev–Trinajstić information content (AvgIpc) is 2.29. The Labute approximate surface area is 105 Å². The lowest BCUT2D eigenvalue weighted by molar-refractivity contribution is -0.145. The van der Waals surface area contributed by atoms with E-state index in [1.165, 1.54) is 6.92 Å². The topological polar surface area (TPSA) is 72.8 Å². The second kappa shape index (κ2) is 6.76. The van der Waals surface area contributed by atoms with Crippen molar-refractivity contribution in [3.8, 4) is 5.75 Å². The molecule has 0 aromatic heterocycles. The monoisotopic (exact) mass is 252 g/mol. The van der Waals surface area contributed by atoms with Crippen LogP contribution in [0.25, 0.3) is 0 Å². The molecule has 0 aliphatic heterocycles. The van der Waals surface area contributed by atoms with Gasteiger partial charge in [-0.1, -0.05) is 12.1 Å². The van der Waals surface area contributed by atoms with Crippen molar-refractivity contribution in [2.75, 3.05) is 6.61 Å². The number of carbonyl (C=O) groups is 2. The largest absolute Gasteiger partial charge is 0.466 e. The number of esters is 2. The van der Waals surface area contributed by atoms with Crippen molar-refractivity contribution in [3.63, 3.8) is 0 Å². The van der Waals surface area contributed by atoms with Crippen LogP contribution in [0.4, 0.5) is 0 Å². The minimum atomic E-state index is -0.921. The van der Waals surface area contributed by atoms with E-state index in [1.807, 2.05) is 0 Å². The van der Waals surface area contributed by atoms with E-state index in [9.17, 15) is 14.7 Å². The van der Waals surface area contributed by atoms with Gasteiger partial charge in [0, 0.05) is 6.92 Å². The van der Waals surface area contributed by atoms with E-state index in [4.69, 9.17) is 9.47 Å². The van der Waals surface area contributed by atoms with Gasteiger partial charge in [0.2, 0.25) is 0 Å². The quantitative estimate of drug-likeness (QED) is 0.636. The first-order valence-electron chi connectivity index (χ1n) is 5.65. The minimum Gasteiger partial charge on any atom is -0.466 e. The molecule has 1 rings (SSSR count). The Morgan fingerprint density at radius 3 is 2.39 bits per heavy atom. The molecule has 1 aromatic rings. The predicted molar refractivity (Wildman–Crippen MR) is 64.0 cm³/mol. The highest BCUT2D eigenvalue weighted by Crippen LogP contribution is 2.20. The molecule has 0 aliphatic carbocycles. The van der Waals surface area contributed by atoms with Crippen molar-refractivity contribution in [1.82, 2.24) is 0 Å². The summed E-state index contributed by atoms with van der Waals surface area (Å²) in [6.07, 6.45) is -1.02. The number of benzene rings is 1. The molecule has 0 aliphatic rings. The zero-order chi connectivity index (χ0) is 13.5. The molecule has 0 radical (unpaired) electrons. The molecule has 1 N–H and O–H groups in total. The maximum atomic E-state index is 11.2. The molecule has 0 bridgehead atoms. The molecule has 1 atom stereocenters. The number of aliphatic hydroxyl groups excluding tert-OH is 1. The average molecular weight is 252 g/mol. The van der Waals surface area contributed by atoms with Crippen molar-refractivity contribution < 1.29 is 24.2 Å². The fraction of sp³-hybridized carbons (Fsp3) is 0.385. The molecular weight excluding hydrogens is 236 g/mol. The van der Waals surface area contributed by atoms with Crippen molar-refractivity contribution in [3.05, 3.63) is 29.8 Å². The lowest BCUT2D eigenvalue weighted by Crippen LogP contribution is -2.10. The molecule has 98 valence electrons. The fourth-order valence-corrected chi connectivity index (χ4v) is 1.42. The Morgan fingerprint density at radius 1 is 1.28 bits per heavy atom. The van der Waals surface area contributed by atoms with Crippen LogP contribution in [0.1, 0.15) is 31.9 Å². The second-order valence-corrected chi connectivity index (χ2v) is 3.69. The summed E-state index contributed by atoms with van der Waals surface area (Å²) in [6.45, 7) is 3.30. The summed E-state index contributed by atoms with van der Waals surface area (Å²) in [5.74, 6) is -0.460. The molecule has 0 fully saturated rings. The van der Waals surface area contributed by atoms with Gasteiger partial charge in [-0.3, -0.25) is 9.59 Å². The third kappa shape index (κ3) is 4.55. The number of carbonyl (C=O) groups excluding carboxylic acids is 2. The summed E-state index contributed by atoms with van der Waals surface area (Å²) in [5.41, 5.74) is 0.568. The van der Waals surface area contributed by atoms with Gasteiger partial charge < -0.3 is 14.6 Å². The molecule has 0 heterocycles. The summed E-state index contributed by atoms with van der Waals surface area (Å²) < 4.78 is 9.60. The minimum absolute atomic E-state index is 0.0965. The van der Waals surface area contributed by atoms with Gasteiger partial charge in [0.1, 0.15) is 5.75 Å². The summed E-state index contributed by atoms with van der Waals surface area (Å²) >= 11 is 0. The number of ether oxygens (including phenoxy) is 2. The maximum Gasteiger partial charge on any atom is 0.308 e. The van der Waals surface area contributed by atoms with Gasteiger partial charge in [0.25, 0.3) is 0 Å². The van der Waals surface area contributed by atoms with E-state index in [-0.39, 0.29) is 13.0 Å². The predicted octanol–water partition coefficient (Wildman–Crippen LogP) is 1.60. The van der Waals surface area contributed by atoms with Crippen LogP contribution >= 0.6 is 0 Å². The Balaban J connectivity index is 2.61. The van der Waals surface area contributed by atoms with Crippen molar-refractivity contribution >= 4 is 11.9 Å². The highest BCUT2D eigenvalue weighted by Gasteiger charge is 2.13. The van der Waals surface area contributed by atoms with Gasteiger partial charge in [-0.25, -0.2) is 0 Å². The molecule has 18 heavy (non-hydrogen) atoms. The van der Waals surface area contributed by atoms with Crippen molar-refractivity contribution in [1.29, 1.82) is 0 Å². The number of hydrogen-bond acceptors (Lipinski definition) is 5. The maximum absolute atomic E-state index is 11.2. The third-order valence-electron chi connectivity index (χ3n) is 2.19. The normalized spacial score (nSPS) is 11.7. The van der Waals surface area contributed by atoms with E-state index in [1.54, 1.807) is 31.2 Å². The van der Waals surface area contributed by atoms with Gasteiger partial charge in [-0.2, -0.15) is 0 Å². The molecule has 0 spiro atoms. The van der Waals surface area contributed by atoms with E-state index in [0.29, 0.717) is 11.3 Å². The van der Waals surface area contributed by atoms with Crippen LogP contribution in [0.3, 0.4) is 0 Å². The van der Waals surface area contributed by atoms with E-state index in [0.717, 1.165) is 0 Å². The summed E-state index contributed by atoms with van der Waals surface area (Å²) in [4.78, 5) is 21.9. The van der Waals surface area contributed by atoms with Crippen LogP contribution in [0.15, 0.2) is 24.3 Å². The Morgan fingerprint density at radius 2 is 1.89 bits per heavy atom. The Bertz CT molecular complexity index is 410. The Kier molecular flexibility index (Phi) is 5.32. The smallest absolute Gasteiger partial charge is 0.308 e. The molecule has 0 saturated carbocycles. The molecule has 5 heteroatoms. The van der Waals surface area contributed by atoms with Gasteiger partial charge in [-0.05, 0) is 24.6 Å². The summed E-state index contributed by atoms with van der Waals surface area (Å²) in [7, 11) is 0. The molecule has 0 saturated heterocycles. The van der Waals surface area contributed by atoms with E-state index >= 15 is 0 Å². The van der Waals surface area contributed by atoms with Gasteiger partial charge in [0.15, 0.2) is 0 Å². The SMILES string of the molecule is CCOC(=O)CC(O)c1ccc(OC(C)=O)cc1. The third-order valence-corrected chi connectivity index (χ3v) is 2.19. The molecule has 0 amide bonds. The first-order valence-corrected chi connectivity index (χ1v) is 5.65. The highest BCUT2D eigenvalue weighted by atomic mass is 16.5. The second-order valence-electron chi connectivity index (χ2n) is 3.69. The van der Waals surface area contributed by atoms with Crippen LogP contribution in [0, 0.1) is 0 Å². The van der Waals surface area contributed by atoms with Gasteiger partial charge >= 0.3 is 11.9 Å². The standard InChI is InChI=1S/C13H16O5/c1-3-17-13(16)8-12(15)10-4-6-11(7-5-10)18-9(2)14/h4-7,12,15H,3,8H2,1-2H3. The van der Waals surface area contributed by atoms with Crippen LogP contribution in [-0.4, -0.2) is 23.7 Å². The van der Waals surface area contributed by atoms with E-state index in [2.05, 4.69) is 0 Å². The van der Waals surface area contributed by atoms with Crippen LogP contribution in [0.2, 0.25) is 0 Å². The lowest BCUT2D eigenvalue weighted by atomic mass is 10.1. The van der Waals surface area contributed by atoms with E-state index < -0.39 is 18.0 Å². The van der Waals surface area contributed by atoms with Gasteiger partial charge in [-0.15, -0.1) is 0 Å². The molecular formula is C13H16O5. The zero-order valence-corrected chi connectivity index (χ0v) is 10.4. The van der Waals surface area contributed by atoms with Crippen molar-refractivity contribution in [2.24, 2.45) is 0 Å². The van der Waals surface area contributed by atoms with Gasteiger partial charge in [0.05, 0.1) is 19.1 Å². The first-order chi connectivity index (χ1) is 8.52. The van der Waals surface area contributed by atoms with Crippen LogP contribution in [-0.2, 0) is 14.3 Å². The lowest BCUT2D eigenvalue weighted by Gasteiger charge is -2.10. The highest BCUT2D eigenvalue weighted by molar-refractivity contribution is 5.70. The summed E-state index contributed by atoms with van der Waals surface area (Å²) in [6, 6.07) is 6.32. The molecule has 1 unspecified atom stereocenters. The van der Waals surface area contributed by atoms with Crippen LogP contribution in [0.5, 0.6) is 5.75 Å². The number of aliphatic hydroxyl groups is 1. The Hall–Kier alpha value is -1.88. The number of hydrogen-bond donors (Lipinski definition) is 1. The fourth-order valence-electron chi connectivity index (χ4n) is 1.42. The van der Waals surface area contributed by atoms with Crippen molar-refractivity contribution in [2.45, 2.75) is 26.4 Å². The molecule has 5 nitrogen and oxygen atoms in total. The number of rotatable bonds is 5. The van der Waals surface area contributed by atoms with Crippen LogP contribution < -0.4 is 4.74 Å². The first kappa shape index (κ1) is 14.2. The molecule has 1 aromatic carbocycles.